The fraction of sp³-hybridized carbons (Fsp3) is 0.417. The van der Waals surface area contributed by atoms with Crippen molar-refractivity contribution >= 4 is 32.9 Å². The molecule has 1 aromatic rings. The molecule has 0 aromatic heterocycles. The molecule has 4 nitrogen and oxygen atoms in total. The van der Waals surface area contributed by atoms with Gasteiger partial charge in [0.2, 0.25) is 10.0 Å². The molecular formula is C12H18N2O2S2. The van der Waals surface area contributed by atoms with Crippen molar-refractivity contribution in [2.45, 2.75) is 20.8 Å². The number of anilines is 1. The molecule has 0 spiro atoms. The standard InChI is InChI=1S/C12H18N2O2S2/c1-12(2,3)8-18(15,16)14-10-6-4-5-9(7-10)11(13)17/h4-7,14H,8H2,1-3H3,(H2,13,17). The van der Waals surface area contributed by atoms with E-state index in [-0.39, 0.29) is 16.2 Å². The first-order chi connectivity index (χ1) is 8.09. The molecule has 0 radical (unpaired) electrons. The molecule has 100 valence electrons. The van der Waals surface area contributed by atoms with Crippen molar-refractivity contribution in [2.24, 2.45) is 11.1 Å². The number of nitrogens with one attached hydrogen (secondary N) is 1. The van der Waals surface area contributed by atoms with E-state index in [1.54, 1.807) is 24.3 Å². The molecule has 0 saturated carbocycles. The van der Waals surface area contributed by atoms with Crippen LogP contribution in [0.2, 0.25) is 0 Å². The van der Waals surface area contributed by atoms with E-state index in [0.29, 0.717) is 11.3 Å². The van der Waals surface area contributed by atoms with Gasteiger partial charge in [0.15, 0.2) is 0 Å². The summed E-state index contributed by atoms with van der Waals surface area (Å²) in [6, 6.07) is 6.75. The van der Waals surface area contributed by atoms with E-state index in [1.165, 1.54) is 0 Å². The van der Waals surface area contributed by atoms with Crippen molar-refractivity contribution in [3.05, 3.63) is 29.8 Å². The molecule has 1 rings (SSSR count). The van der Waals surface area contributed by atoms with Crippen molar-refractivity contribution in [3.63, 3.8) is 0 Å². The van der Waals surface area contributed by atoms with Crippen LogP contribution in [0.25, 0.3) is 0 Å². The van der Waals surface area contributed by atoms with Gasteiger partial charge in [-0.25, -0.2) is 8.42 Å². The highest BCUT2D eigenvalue weighted by molar-refractivity contribution is 7.92. The molecule has 0 saturated heterocycles. The summed E-state index contributed by atoms with van der Waals surface area (Å²) in [5.74, 6) is 0.0529. The Morgan fingerprint density at radius 2 is 2.00 bits per heavy atom. The maximum atomic E-state index is 11.9. The highest BCUT2D eigenvalue weighted by Crippen LogP contribution is 2.19. The molecule has 0 amide bonds. The summed E-state index contributed by atoms with van der Waals surface area (Å²) >= 11 is 4.85. The minimum atomic E-state index is -3.37. The second-order valence-corrected chi connectivity index (χ2v) is 7.53. The number of sulfonamides is 1. The molecular weight excluding hydrogens is 268 g/mol. The zero-order chi connectivity index (χ0) is 14.0. The number of rotatable bonds is 4. The lowest BCUT2D eigenvalue weighted by Gasteiger charge is -2.19. The summed E-state index contributed by atoms with van der Waals surface area (Å²) in [4.78, 5) is 0.242. The van der Waals surface area contributed by atoms with Crippen LogP contribution in [-0.2, 0) is 10.0 Å². The monoisotopic (exact) mass is 286 g/mol. The fourth-order valence-corrected chi connectivity index (χ4v) is 3.35. The van der Waals surface area contributed by atoms with Crippen LogP contribution < -0.4 is 10.5 Å². The molecule has 0 fully saturated rings. The van der Waals surface area contributed by atoms with Crippen LogP contribution >= 0.6 is 12.2 Å². The molecule has 0 bridgehead atoms. The van der Waals surface area contributed by atoms with E-state index in [1.807, 2.05) is 20.8 Å². The first kappa shape index (κ1) is 14.9. The van der Waals surface area contributed by atoms with Crippen molar-refractivity contribution in [1.82, 2.24) is 0 Å². The molecule has 6 heteroatoms. The summed E-state index contributed by atoms with van der Waals surface area (Å²) in [5, 5.41) is 0. The van der Waals surface area contributed by atoms with Crippen molar-refractivity contribution < 1.29 is 8.42 Å². The van der Waals surface area contributed by atoms with E-state index in [0.717, 1.165) is 0 Å². The Balaban J connectivity index is 2.91. The second kappa shape index (κ2) is 5.24. The van der Waals surface area contributed by atoms with Crippen molar-refractivity contribution in [2.75, 3.05) is 10.5 Å². The zero-order valence-electron chi connectivity index (χ0n) is 10.7. The highest BCUT2D eigenvalue weighted by atomic mass is 32.2. The second-order valence-electron chi connectivity index (χ2n) is 5.37. The molecule has 1 aromatic carbocycles. The fourth-order valence-electron chi connectivity index (χ4n) is 1.52. The predicted octanol–water partition coefficient (Wildman–Crippen LogP) is 2.11. The van der Waals surface area contributed by atoms with E-state index in [4.69, 9.17) is 18.0 Å². The van der Waals surface area contributed by atoms with Gasteiger partial charge in [0.25, 0.3) is 0 Å². The normalized spacial score (nSPS) is 12.2. The summed E-state index contributed by atoms with van der Waals surface area (Å²) in [5.41, 5.74) is 6.32. The lowest BCUT2D eigenvalue weighted by Crippen LogP contribution is -2.26. The number of hydrogen-bond acceptors (Lipinski definition) is 3. The van der Waals surface area contributed by atoms with Gasteiger partial charge in [-0.1, -0.05) is 45.1 Å². The van der Waals surface area contributed by atoms with Gasteiger partial charge in [-0.3, -0.25) is 4.72 Å². The van der Waals surface area contributed by atoms with E-state index in [2.05, 4.69) is 4.72 Å². The van der Waals surface area contributed by atoms with Crippen LogP contribution in [0.1, 0.15) is 26.3 Å². The Hall–Kier alpha value is -1.14. The molecule has 0 aliphatic carbocycles. The maximum absolute atomic E-state index is 11.9. The molecule has 18 heavy (non-hydrogen) atoms. The van der Waals surface area contributed by atoms with Crippen LogP contribution in [0.15, 0.2) is 24.3 Å². The zero-order valence-corrected chi connectivity index (χ0v) is 12.4. The average Bonchev–Trinajstić information content (AvgIpc) is 2.12. The van der Waals surface area contributed by atoms with Gasteiger partial charge in [0.1, 0.15) is 4.99 Å². The quantitative estimate of drug-likeness (QED) is 0.832. The molecule has 0 heterocycles. The largest absolute Gasteiger partial charge is 0.389 e. The minimum absolute atomic E-state index is 0.0529. The van der Waals surface area contributed by atoms with Crippen LogP contribution in [-0.4, -0.2) is 19.2 Å². The van der Waals surface area contributed by atoms with E-state index >= 15 is 0 Å². The number of nitrogens with two attached hydrogens (primary N) is 1. The number of thiocarbonyl (C=S) groups is 1. The number of hydrogen-bond donors (Lipinski definition) is 2. The molecule has 3 N–H and O–H groups in total. The van der Waals surface area contributed by atoms with Crippen molar-refractivity contribution in [1.29, 1.82) is 0 Å². The highest BCUT2D eigenvalue weighted by Gasteiger charge is 2.21. The first-order valence-corrected chi connectivity index (χ1v) is 7.55. The van der Waals surface area contributed by atoms with Gasteiger partial charge in [0.05, 0.1) is 5.75 Å². The van der Waals surface area contributed by atoms with Crippen LogP contribution in [0.3, 0.4) is 0 Å². The summed E-state index contributed by atoms with van der Waals surface area (Å²) in [7, 11) is -3.37. The van der Waals surface area contributed by atoms with Gasteiger partial charge >= 0.3 is 0 Å². The summed E-state index contributed by atoms with van der Waals surface area (Å²) < 4.78 is 26.4. The van der Waals surface area contributed by atoms with Crippen LogP contribution in [0, 0.1) is 5.41 Å². The van der Waals surface area contributed by atoms with E-state index < -0.39 is 10.0 Å². The van der Waals surface area contributed by atoms with Gasteiger partial charge in [-0.2, -0.15) is 0 Å². The van der Waals surface area contributed by atoms with Gasteiger partial charge in [-0.15, -0.1) is 0 Å². The Kier molecular flexibility index (Phi) is 4.34. The third-order valence-corrected chi connectivity index (χ3v) is 4.07. The first-order valence-electron chi connectivity index (χ1n) is 5.49. The van der Waals surface area contributed by atoms with E-state index in [9.17, 15) is 8.42 Å². The summed E-state index contributed by atoms with van der Waals surface area (Å²) in [6.45, 7) is 5.62. The maximum Gasteiger partial charge on any atom is 0.233 e. The Bertz CT molecular complexity index is 545. The Labute approximate surface area is 114 Å². The predicted molar refractivity (Wildman–Crippen MR) is 79.2 cm³/mol. The molecule has 0 atom stereocenters. The lowest BCUT2D eigenvalue weighted by atomic mass is 10.0. The summed E-state index contributed by atoms with van der Waals surface area (Å²) in [6.07, 6.45) is 0. The lowest BCUT2D eigenvalue weighted by molar-refractivity contribution is 0.463. The Morgan fingerprint density at radius 1 is 1.39 bits per heavy atom. The third kappa shape index (κ3) is 5.01. The van der Waals surface area contributed by atoms with Crippen LogP contribution in [0.4, 0.5) is 5.69 Å². The van der Waals surface area contributed by atoms with Crippen LogP contribution in [0.5, 0.6) is 0 Å². The Morgan fingerprint density at radius 3 is 2.50 bits per heavy atom. The average molecular weight is 286 g/mol. The van der Waals surface area contributed by atoms with Gasteiger partial charge < -0.3 is 5.73 Å². The SMILES string of the molecule is CC(C)(C)CS(=O)(=O)Nc1cccc(C(N)=S)c1. The van der Waals surface area contributed by atoms with Gasteiger partial charge in [0, 0.05) is 11.3 Å². The third-order valence-electron chi connectivity index (χ3n) is 2.04. The molecule has 0 aliphatic rings. The topological polar surface area (TPSA) is 72.2 Å². The minimum Gasteiger partial charge on any atom is -0.389 e. The molecule has 0 unspecified atom stereocenters. The molecule has 0 aliphatic heterocycles. The van der Waals surface area contributed by atoms with Crippen molar-refractivity contribution in [3.8, 4) is 0 Å². The smallest absolute Gasteiger partial charge is 0.233 e. The van der Waals surface area contributed by atoms with Gasteiger partial charge in [-0.05, 0) is 17.5 Å². The number of benzene rings is 1.